The lowest BCUT2D eigenvalue weighted by Gasteiger charge is -2.16. The van der Waals surface area contributed by atoms with Gasteiger partial charge in [-0.15, -0.1) is 0 Å². The second-order valence-corrected chi connectivity index (χ2v) is 6.71. The van der Waals surface area contributed by atoms with Crippen LogP contribution in [0.1, 0.15) is 38.8 Å². The van der Waals surface area contributed by atoms with Gasteiger partial charge in [0, 0.05) is 19.2 Å². The lowest BCUT2D eigenvalue weighted by Crippen LogP contribution is -2.32. The summed E-state index contributed by atoms with van der Waals surface area (Å²) in [5, 5.41) is 3.18. The Labute approximate surface area is 128 Å². The van der Waals surface area contributed by atoms with Gasteiger partial charge in [0.05, 0.1) is 11.0 Å². The van der Waals surface area contributed by atoms with Crippen LogP contribution < -0.4 is 10.0 Å². The van der Waals surface area contributed by atoms with Gasteiger partial charge in [0.15, 0.2) is 0 Å². The monoisotopic (exact) mass is 314 g/mol. The summed E-state index contributed by atoms with van der Waals surface area (Å²) in [7, 11) is -1.63. The molecule has 0 heterocycles. The van der Waals surface area contributed by atoms with Crippen LogP contribution in [0.3, 0.4) is 0 Å². The zero-order valence-corrected chi connectivity index (χ0v) is 14.0. The summed E-state index contributed by atoms with van der Waals surface area (Å²) in [5.41, 5.74) is 0.973. The Kier molecular flexibility index (Phi) is 7.31. The quantitative estimate of drug-likeness (QED) is 0.732. The average Bonchev–Trinajstić information content (AvgIpc) is 2.47. The summed E-state index contributed by atoms with van der Waals surface area (Å²) in [6, 6.07) is 7.20. The Morgan fingerprint density at radius 2 is 2.00 bits per heavy atom. The minimum atomic E-state index is -3.50. The SMILES string of the molecule is CCOC(C)CNS(=O)(=O)c1cccc(C(CC)NC)c1. The largest absolute Gasteiger partial charge is 0.377 e. The van der Waals surface area contributed by atoms with Crippen molar-refractivity contribution in [1.29, 1.82) is 0 Å². The van der Waals surface area contributed by atoms with Crippen LogP contribution in [-0.4, -0.2) is 34.7 Å². The van der Waals surface area contributed by atoms with Gasteiger partial charge in [-0.25, -0.2) is 13.1 Å². The number of hydrogen-bond donors (Lipinski definition) is 2. The van der Waals surface area contributed by atoms with Gasteiger partial charge in [0.25, 0.3) is 0 Å². The Morgan fingerprint density at radius 1 is 1.29 bits per heavy atom. The van der Waals surface area contributed by atoms with E-state index in [-0.39, 0.29) is 23.6 Å². The maximum absolute atomic E-state index is 12.3. The van der Waals surface area contributed by atoms with Crippen molar-refractivity contribution in [3.8, 4) is 0 Å². The maximum Gasteiger partial charge on any atom is 0.240 e. The van der Waals surface area contributed by atoms with E-state index in [0.717, 1.165) is 12.0 Å². The van der Waals surface area contributed by atoms with E-state index in [9.17, 15) is 8.42 Å². The summed E-state index contributed by atoms with van der Waals surface area (Å²) < 4.78 is 32.5. The van der Waals surface area contributed by atoms with Crippen molar-refractivity contribution >= 4 is 10.0 Å². The van der Waals surface area contributed by atoms with Gasteiger partial charge in [-0.05, 0) is 45.0 Å². The number of benzene rings is 1. The first-order valence-electron chi connectivity index (χ1n) is 7.33. The van der Waals surface area contributed by atoms with Crippen molar-refractivity contribution in [2.24, 2.45) is 0 Å². The standard InChI is InChI=1S/C15H26N2O3S/c1-5-15(16-4)13-8-7-9-14(10-13)21(18,19)17-11-12(3)20-6-2/h7-10,12,15-17H,5-6,11H2,1-4H3. The number of ether oxygens (including phenoxy) is 1. The summed E-state index contributed by atoms with van der Waals surface area (Å²) in [5.74, 6) is 0. The fourth-order valence-corrected chi connectivity index (χ4v) is 3.33. The number of hydrogen-bond acceptors (Lipinski definition) is 4. The smallest absolute Gasteiger partial charge is 0.240 e. The first-order chi connectivity index (χ1) is 9.94. The van der Waals surface area contributed by atoms with Crippen LogP contribution in [0, 0.1) is 0 Å². The molecule has 0 saturated carbocycles. The predicted octanol–water partition coefficient (Wildman–Crippen LogP) is 2.06. The van der Waals surface area contributed by atoms with Crippen molar-refractivity contribution in [2.45, 2.75) is 44.2 Å². The molecule has 2 N–H and O–H groups in total. The molecule has 6 heteroatoms. The van der Waals surface area contributed by atoms with Gasteiger partial charge in [-0.3, -0.25) is 0 Å². The van der Waals surface area contributed by atoms with Crippen LogP contribution in [0.5, 0.6) is 0 Å². The summed E-state index contributed by atoms with van der Waals surface area (Å²) in [4.78, 5) is 0.289. The van der Waals surface area contributed by atoms with E-state index in [1.807, 2.05) is 27.0 Å². The van der Waals surface area contributed by atoms with Crippen LogP contribution >= 0.6 is 0 Å². The molecule has 1 rings (SSSR count). The van der Waals surface area contributed by atoms with Crippen LogP contribution in [0.15, 0.2) is 29.2 Å². The molecule has 2 atom stereocenters. The first-order valence-corrected chi connectivity index (χ1v) is 8.81. The Morgan fingerprint density at radius 3 is 2.57 bits per heavy atom. The normalized spacial score (nSPS) is 14.9. The third kappa shape index (κ3) is 5.39. The molecule has 0 fully saturated rings. The van der Waals surface area contributed by atoms with Gasteiger partial charge in [-0.2, -0.15) is 0 Å². The summed E-state index contributed by atoms with van der Waals surface area (Å²) in [6.45, 7) is 6.63. The minimum absolute atomic E-state index is 0.145. The molecular formula is C15H26N2O3S. The van der Waals surface area contributed by atoms with Crippen LogP contribution in [-0.2, 0) is 14.8 Å². The highest BCUT2D eigenvalue weighted by atomic mass is 32.2. The molecule has 0 saturated heterocycles. The molecule has 21 heavy (non-hydrogen) atoms. The molecule has 5 nitrogen and oxygen atoms in total. The van der Waals surface area contributed by atoms with Gasteiger partial charge in [0.1, 0.15) is 0 Å². The van der Waals surface area contributed by atoms with E-state index in [0.29, 0.717) is 6.61 Å². The molecule has 0 aromatic heterocycles. The topological polar surface area (TPSA) is 67.4 Å². The number of sulfonamides is 1. The van der Waals surface area contributed by atoms with Crippen molar-refractivity contribution < 1.29 is 13.2 Å². The number of nitrogens with one attached hydrogen (secondary N) is 2. The summed E-state index contributed by atoms with van der Waals surface area (Å²) in [6.07, 6.45) is 0.753. The molecule has 1 aromatic carbocycles. The van der Waals surface area contributed by atoms with E-state index in [4.69, 9.17) is 4.74 Å². The lowest BCUT2D eigenvalue weighted by atomic mass is 10.1. The zero-order chi connectivity index (χ0) is 15.9. The van der Waals surface area contributed by atoms with Gasteiger partial charge in [0.2, 0.25) is 10.0 Å². The third-order valence-electron chi connectivity index (χ3n) is 3.34. The van der Waals surface area contributed by atoms with E-state index in [1.54, 1.807) is 18.2 Å². The Hall–Kier alpha value is -0.950. The second-order valence-electron chi connectivity index (χ2n) is 4.94. The molecule has 0 radical (unpaired) electrons. The maximum atomic E-state index is 12.3. The van der Waals surface area contributed by atoms with Gasteiger partial charge < -0.3 is 10.1 Å². The molecule has 120 valence electrons. The molecule has 2 unspecified atom stereocenters. The Bertz CT molecular complexity index is 527. The first kappa shape index (κ1) is 18.1. The van der Waals surface area contributed by atoms with E-state index >= 15 is 0 Å². The molecule has 0 aliphatic rings. The molecular weight excluding hydrogens is 288 g/mol. The zero-order valence-electron chi connectivity index (χ0n) is 13.2. The van der Waals surface area contributed by atoms with Crippen LogP contribution in [0.4, 0.5) is 0 Å². The predicted molar refractivity (Wildman–Crippen MR) is 84.8 cm³/mol. The molecule has 0 spiro atoms. The Balaban J connectivity index is 2.86. The highest BCUT2D eigenvalue weighted by molar-refractivity contribution is 7.89. The highest BCUT2D eigenvalue weighted by Crippen LogP contribution is 2.19. The average molecular weight is 314 g/mol. The second kappa shape index (κ2) is 8.48. The van der Waals surface area contributed by atoms with Crippen molar-refractivity contribution in [3.05, 3.63) is 29.8 Å². The lowest BCUT2D eigenvalue weighted by molar-refractivity contribution is 0.0799. The van der Waals surface area contributed by atoms with E-state index in [1.165, 1.54) is 0 Å². The van der Waals surface area contributed by atoms with E-state index in [2.05, 4.69) is 17.0 Å². The molecule has 0 amide bonds. The van der Waals surface area contributed by atoms with Gasteiger partial charge >= 0.3 is 0 Å². The molecule has 1 aromatic rings. The van der Waals surface area contributed by atoms with E-state index < -0.39 is 10.0 Å². The van der Waals surface area contributed by atoms with Crippen LogP contribution in [0.2, 0.25) is 0 Å². The third-order valence-corrected chi connectivity index (χ3v) is 4.76. The van der Waals surface area contributed by atoms with Crippen molar-refractivity contribution in [3.63, 3.8) is 0 Å². The fourth-order valence-electron chi connectivity index (χ4n) is 2.16. The summed E-state index contributed by atoms with van der Waals surface area (Å²) >= 11 is 0. The fraction of sp³-hybridized carbons (Fsp3) is 0.600. The number of rotatable bonds is 9. The van der Waals surface area contributed by atoms with Gasteiger partial charge in [-0.1, -0.05) is 19.1 Å². The minimum Gasteiger partial charge on any atom is -0.377 e. The molecule has 0 bridgehead atoms. The van der Waals surface area contributed by atoms with Crippen molar-refractivity contribution in [1.82, 2.24) is 10.0 Å². The van der Waals surface area contributed by atoms with Crippen molar-refractivity contribution in [2.75, 3.05) is 20.2 Å². The highest BCUT2D eigenvalue weighted by Gasteiger charge is 2.17. The molecule has 0 aliphatic carbocycles. The molecule has 0 aliphatic heterocycles. The van der Waals surface area contributed by atoms with Crippen LogP contribution in [0.25, 0.3) is 0 Å².